The summed E-state index contributed by atoms with van der Waals surface area (Å²) in [6.07, 6.45) is 17.1. The fraction of sp³-hybridized carbons (Fsp3) is 0.810. The molecule has 0 spiro atoms. The maximum absolute atomic E-state index is 5.91. The molecule has 0 heterocycles. The first kappa shape index (κ1) is 22.7. The van der Waals surface area contributed by atoms with E-state index in [1.807, 2.05) is 6.08 Å². The van der Waals surface area contributed by atoms with Crippen LogP contribution < -0.4 is 0 Å². The van der Waals surface area contributed by atoms with Gasteiger partial charge in [0.2, 0.25) is 0 Å². The van der Waals surface area contributed by atoms with E-state index in [1.54, 1.807) is 0 Å². The molecule has 0 saturated heterocycles. The smallest absolute Gasteiger partial charge is 0.0784 e. The average molecular weight is 343 g/mol. The Morgan fingerprint density at radius 1 is 1.00 bits per heavy atom. The van der Waals surface area contributed by atoms with Crippen LogP contribution in [0.4, 0.5) is 0 Å². The molecule has 0 radical (unpaired) electrons. The number of quaternary nitrogens is 1. The van der Waals surface area contributed by atoms with E-state index >= 15 is 0 Å². The van der Waals surface area contributed by atoms with Crippen molar-refractivity contribution in [2.75, 3.05) is 26.7 Å². The summed E-state index contributed by atoms with van der Waals surface area (Å²) >= 11 is 5.91. The Kier molecular flexibility index (Phi) is 13.9. The van der Waals surface area contributed by atoms with Gasteiger partial charge in [-0.05, 0) is 51.5 Å². The molecule has 1 aliphatic rings. The highest BCUT2D eigenvalue weighted by Crippen LogP contribution is 2.23. The van der Waals surface area contributed by atoms with E-state index < -0.39 is 0 Å². The first-order chi connectivity index (χ1) is 11.0. The predicted octanol–water partition coefficient (Wildman–Crippen LogP) is 6.93. The predicted molar refractivity (Wildman–Crippen MR) is 107 cm³/mol. The van der Waals surface area contributed by atoms with E-state index in [4.69, 9.17) is 11.6 Å². The van der Waals surface area contributed by atoms with Gasteiger partial charge in [0.05, 0.1) is 26.7 Å². The molecule has 1 atom stereocenters. The fourth-order valence-electron chi connectivity index (χ4n) is 2.79. The number of allylic oxidation sites excluding steroid dienone is 4. The van der Waals surface area contributed by atoms with Crippen molar-refractivity contribution >= 4 is 11.6 Å². The van der Waals surface area contributed by atoms with Gasteiger partial charge >= 0.3 is 0 Å². The zero-order valence-corrected chi connectivity index (χ0v) is 17.2. The summed E-state index contributed by atoms with van der Waals surface area (Å²) < 4.78 is 1.21. The lowest BCUT2D eigenvalue weighted by molar-refractivity contribution is -0.906. The van der Waals surface area contributed by atoms with Gasteiger partial charge in [-0.15, -0.1) is 0 Å². The molecule has 0 fully saturated rings. The Morgan fingerprint density at radius 2 is 1.61 bits per heavy atom. The maximum atomic E-state index is 5.91. The molecule has 136 valence electrons. The Morgan fingerprint density at radius 3 is 2.04 bits per heavy atom. The third kappa shape index (κ3) is 11.8. The number of rotatable bonds is 10. The number of unbranched alkanes of at least 4 members (excludes halogenated alkanes) is 4. The quantitative estimate of drug-likeness (QED) is 0.298. The molecule has 0 aliphatic heterocycles. The lowest BCUT2D eigenvalue weighted by Crippen LogP contribution is -2.44. The molecule has 0 aromatic heterocycles. The van der Waals surface area contributed by atoms with Crippen molar-refractivity contribution in [3.63, 3.8) is 0 Å². The van der Waals surface area contributed by atoms with Crippen LogP contribution in [0.3, 0.4) is 0 Å². The third-order valence-corrected chi connectivity index (χ3v) is 5.43. The zero-order valence-electron chi connectivity index (χ0n) is 16.4. The monoisotopic (exact) mass is 342 g/mol. The van der Waals surface area contributed by atoms with E-state index in [0.29, 0.717) is 0 Å². The standard InChI is InChI=1S/C15H27ClN.C6H14/c1-4-17(3,5-2)13-7-6-8-14-9-11-15(16)12-10-14;1-3-5-6-4-2/h9,11-12,14H,4-8,10,13H2,1-3H3;3-6H2,1-2H3/q+1;. The summed E-state index contributed by atoms with van der Waals surface area (Å²) in [6, 6.07) is 0. The molecule has 0 aromatic rings. The van der Waals surface area contributed by atoms with Crippen molar-refractivity contribution in [1.29, 1.82) is 0 Å². The SMILES string of the molecule is CCCCCC.CC[N+](C)(CC)CCCCC1C=CC(Cl)=CC1. The highest BCUT2D eigenvalue weighted by molar-refractivity contribution is 6.31. The molecule has 1 aliphatic carbocycles. The Labute approximate surface area is 151 Å². The molecule has 0 N–H and O–H groups in total. The van der Waals surface area contributed by atoms with Gasteiger partial charge in [0.1, 0.15) is 0 Å². The molecule has 1 rings (SSSR count). The minimum Gasteiger partial charge on any atom is -0.327 e. The molecule has 23 heavy (non-hydrogen) atoms. The van der Waals surface area contributed by atoms with E-state index in [2.05, 4.69) is 46.9 Å². The van der Waals surface area contributed by atoms with Crippen LogP contribution in [-0.2, 0) is 0 Å². The van der Waals surface area contributed by atoms with Crippen LogP contribution in [-0.4, -0.2) is 31.2 Å². The van der Waals surface area contributed by atoms with Gasteiger partial charge < -0.3 is 4.48 Å². The van der Waals surface area contributed by atoms with Crippen molar-refractivity contribution in [2.45, 2.75) is 79.1 Å². The van der Waals surface area contributed by atoms with Gasteiger partial charge in [0, 0.05) is 5.03 Å². The normalized spacial score (nSPS) is 17.5. The van der Waals surface area contributed by atoms with Crippen LogP contribution in [0.25, 0.3) is 0 Å². The van der Waals surface area contributed by atoms with Crippen LogP contribution in [0.5, 0.6) is 0 Å². The van der Waals surface area contributed by atoms with E-state index in [9.17, 15) is 0 Å². The van der Waals surface area contributed by atoms with Gasteiger partial charge in [0.15, 0.2) is 0 Å². The Hall–Kier alpha value is -0.270. The van der Waals surface area contributed by atoms with Crippen LogP contribution in [0.1, 0.15) is 79.1 Å². The average Bonchev–Trinajstić information content (AvgIpc) is 2.58. The molecule has 1 unspecified atom stereocenters. The molecule has 0 amide bonds. The van der Waals surface area contributed by atoms with Crippen LogP contribution in [0.15, 0.2) is 23.3 Å². The van der Waals surface area contributed by atoms with E-state index in [0.717, 1.165) is 17.4 Å². The second-order valence-corrected chi connectivity index (χ2v) is 7.56. The Bertz CT molecular complexity index is 325. The summed E-state index contributed by atoms with van der Waals surface area (Å²) in [6.45, 7) is 12.9. The summed E-state index contributed by atoms with van der Waals surface area (Å²) in [7, 11) is 2.36. The second kappa shape index (κ2) is 14.1. The van der Waals surface area contributed by atoms with Crippen molar-refractivity contribution in [3.05, 3.63) is 23.3 Å². The molecule has 0 bridgehead atoms. The lowest BCUT2D eigenvalue weighted by Gasteiger charge is -2.32. The molecular weight excluding hydrogens is 302 g/mol. The van der Waals surface area contributed by atoms with Gasteiger partial charge in [-0.3, -0.25) is 0 Å². The molecule has 0 aromatic carbocycles. The van der Waals surface area contributed by atoms with Gasteiger partial charge in [-0.2, -0.15) is 0 Å². The Balaban J connectivity index is 0.000000688. The van der Waals surface area contributed by atoms with E-state index in [-0.39, 0.29) is 0 Å². The molecular formula is C21H41ClN+. The van der Waals surface area contributed by atoms with Gasteiger partial charge in [-0.1, -0.05) is 63.3 Å². The zero-order chi connectivity index (χ0) is 17.6. The van der Waals surface area contributed by atoms with Crippen LogP contribution >= 0.6 is 11.6 Å². The highest BCUT2D eigenvalue weighted by atomic mass is 35.5. The minimum absolute atomic E-state index is 0.722. The van der Waals surface area contributed by atoms with Crippen molar-refractivity contribution < 1.29 is 4.48 Å². The number of hydrogen-bond donors (Lipinski definition) is 0. The van der Waals surface area contributed by atoms with Crippen molar-refractivity contribution in [2.24, 2.45) is 5.92 Å². The summed E-state index contributed by atoms with van der Waals surface area (Å²) in [5, 5.41) is 0.905. The summed E-state index contributed by atoms with van der Waals surface area (Å²) in [5.74, 6) is 0.722. The lowest BCUT2D eigenvalue weighted by atomic mass is 9.95. The number of nitrogens with zero attached hydrogens (tertiary/aromatic N) is 1. The summed E-state index contributed by atoms with van der Waals surface area (Å²) in [5.41, 5.74) is 0. The number of halogens is 1. The molecule has 1 nitrogen and oxygen atoms in total. The molecule has 2 heteroatoms. The third-order valence-electron chi connectivity index (χ3n) is 5.15. The van der Waals surface area contributed by atoms with Crippen LogP contribution in [0, 0.1) is 5.92 Å². The maximum Gasteiger partial charge on any atom is 0.0784 e. The fourth-order valence-corrected chi connectivity index (χ4v) is 2.95. The van der Waals surface area contributed by atoms with Gasteiger partial charge in [-0.25, -0.2) is 0 Å². The minimum atomic E-state index is 0.722. The first-order valence-electron chi connectivity index (χ1n) is 9.88. The largest absolute Gasteiger partial charge is 0.327 e. The second-order valence-electron chi connectivity index (χ2n) is 7.12. The molecule has 0 saturated carbocycles. The highest BCUT2D eigenvalue weighted by Gasteiger charge is 2.15. The first-order valence-corrected chi connectivity index (χ1v) is 10.3. The number of hydrogen-bond acceptors (Lipinski definition) is 0. The van der Waals surface area contributed by atoms with Crippen LogP contribution in [0.2, 0.25) is 0 Å². The summed E-state index contributed by atoms with van der Waals surface area (Å²) in [4.78, 5) is 0. The van der Waals surface area contributed by atoms with Gasteiger partial charge in [0.25, 0.3) is 0 Å². The topological polar surface area (TPSA) is 0 Å². The van der Waals surface area contributed by atoms with Crippen molar-refractivity contribution in [3.8, 4) is 0 Å². The van der Waals surface area contributed by atoms with E-state index in [1.165, 1.54) is 69.1 Å². The van der Waals surface area contributed by atoms with Crippen molar-refractivity contribution in [1.82, 2.24) is 0 Å².